The van der Waals surface area contributed by atoms with E-state index in [1.807, 2.05) is 12.1 Å². The minimum Gasteiger partial charge on any atom is -0.478 e. The minimum absolute atomic E-state index is 0.0618. The summed E-state index contributed by atoms with van der Waals surface area (Å²) >= 11 is 0. The zero-order chi connectivity index (χ0) is 17.7. The first-order valence-corrected chi connectivity index (χ1v) is 10.1. The molecule has 1 saturated carbocycles. The number of carboxylic acid groups (broad SMARTS) is 1. The molecule has 3 heteroatoms. The van der Waals surface area contributed by atoms with Crippen LogP contribution in [-0.2, 0) is 10.2 Å². The van der Waals surface area contributed by atoms with Gasteiger partial charge in [0.2, 0.25) is 0 Å². The molecule has 136 valence electrons. The van der Waals surface area contributed by atoms with E-state index in [-0.39, 0.29) is 5.41 Å². The van der Waals surface area contributed by atoms with Crippen LogP contribution >= 0.6 is 0 Å². The summed E-state index contributed by atoms with van der Waals surface area (Å²) in [5, 5.41) is 9.61. The number of carbonyl (C=O) groups is 1. The Morgan fingerprint density at radius 1 is 1.23 bits per heavy atom. The van der Waals surface area contributed by atoms with E-state index in [1.165, 1.54) is 31.4 Å². The van der Waals surface area contributed by atoms with Gasteiger partial charge in [-0.2, -0.15) is 0 Å². The third kappa shape index (κ3) is 2.48. The Labute approximate surface area is 155 Å². The van der Waals surface area contributed by atoms with Gasteiger partial charge in [0, 0.05) is 12.0 Å². The number of hydrogen-bond donors (Lipinski definition) is 1. The quantitative estimate of drug-likeness (QED) is 0.835. The lowest BCUT2D eigenvalue weighted by Gasteiger charge is -2.49. The number of piperidine rings is 1. The van der Waals surface area contributed by atoms with Gasteiger partial charge in [0.1, 0.15) is 0 Å². The van der Waals surface area contributed by atoms with Crippen molar-refractivity contribution < 1.29 is 9.90 Å². The molecule has 1 saturated heterocycles. The molecule has 1 N–H and O–H groups in total. The van der Waals surface area contributed by atoms with Gasteiger partial charge < -0.3 is 10.0 Å². The summed E-state index contributed by atoms with van der Waals surface area (Å²) in [6.45, 7) is 3.38. The molecule has 1 aromatic rings. The monoisotopic (exact) mass is 349 g/mol. The molecule has 3 nitrogen and oxygen atoms in total. The van der Waals surface area contributed by atoms with Crippen molar-refractivity contribution in [2.75, 3.05) is 19.6 Å². The van der Waals surface area contributed by atoms with Crippen molar-refractivity contribution in [1.82, 2.24) is 4.90 Å². The molecule has 0 aromatic heterocycles. The average molecular weight is 349 g/mol. The second-order valence-corrected chi connectivity index (χ2v) is 8.70. The lowest BCUT2D eigenvalue weighted by molar-refractivity contribution is -0.130. The van der Waals surface area contributed by atoms with Crippen molar-refractivity contribution in [2.24, 2.45) is 17.8 Å². The molecule has 1 aliphatic heterocycles. The molecule has 26 heavy (non-hydrogen) atoms. The number of rotatable bonds is 3. The van der Waals surface area contributed by atoms with Gasteiger partial charge in [-0.15, -0.1) is 0 Å². The number of aliphatic carboxylic acids is 1. The first kappa shape index (κ1) is 16.3. The Hall–Kier alpha value is -1.87. The van der Waals surface area contributed by atoms with Crippen LogP contribution in [0.25, 0.3) is 5.57 Å². The molecule has 5 rings (SSSR count). The van der Waals surface area contributed by atoms with Crippen LogP contribution in [0.15, 0.2) is 42.5 Å². The summed E-state index contributed by atoms with van der Waals surface area (Å²) in [4.78, 5) is 14.3. The molecule has 0 amide bonds. The SMILES string of the molecule is O=C(O)C1=CC2(CCN(CC3CC4CCC=CC43)CC2)c2ccccc21. The molecule has 3 aliphatic carbocycles. The van der Waals surface area contributed by atoms with Crippen LogP contribution < -0.4 is 0 Å². The lowest BCUT2D eigenvalue weighted by atomic mass is 9.61. The molecule has 1 heterocycles. The molecule has 4 aliphatic rings. The van der Waals surface area contributed by atoms with E-state index in [1.54, 1.807) is 0 Å². The zero-order valence-electron chi connectivity index (χ0n) is 15.2. The van der Waals surface area contributed by atoms with Crippen molar-refractivity contribution in [3.63, 3.8) is 0 Å². The van der Waals surface area contributed by atoms with Crippen LogP contribution in [0.2, 0.25) is 0 Å². The molecule has 3 atom stereocenters. The average Bonchev–Trinajstić information content (AvgIpc) is 2.96. The Kier molecular flexibility index (Phi) is 3.82. The summed E-state index contributed by atoms with van der Waals surface area (Å²) in [6.07, 6.45) is 13.1. The van der Waals surface area contributed by atoms with Gasteiger partial charge in [-0.1, -0.05) is 42.5 Å². The van der Waals surface area contributed by atoms with Gasteiger partial charge in [0.25, 0.3) is 0 Å². The predicted octanol–water partition coefficient (Wildman–Crippen LogP) is 4.10. The molecule has 1 aromatic carbocycles. The van der Waals surface area contributed by atoms with Crippen LogP contribution in [0.1, 0.15) is 43.2 Å². The topological polar surface area (TPSA) is 40.5 Å². The zero-order valence-corrected chi connectivity index (χ0v) is 15.2. The number of allylic oxidation sites excluding steroid dienone is 3. The maximum atomic E-state index is 11.7. The number of nitrogens with zero attached hydrogens (tertiary/aromatic N) is 1. The summed E-state index contributed by atoms with van der Waals surface area (Å²) in [5.74, 6) is 1.82. The summed E-state index contributed by atoms with van der Waals surface area (Å²) in [7, 11) is 0. The second-order valence-electron chi connectivity index (χ2n) is 8.70. The van der Waals surface area contributed by atoms with E-state index in [2.05, 4.69) is 35.3 Å². The maximum Gasteiger partial charge on any atom is 0.336 e. The summed E-state index contributed by atoms with van der Waals surface area (Å²) in [5.41, 5.74) is 2.61. The number of likely N-dealkylation sites (tertiary alicyclic amines) is 1. The molecule has 0 radical (unpaired) electrons. The van der Waals surface area contributed by atoms with Crippen LogP contribution in [-0.4, -0.2) is 35.6 Å². The van der Waals surface area contributed by atoms with E-state index in [9.17, 15) is 9.90 Å². The van der Waals surface area contributed by atoms with E-state index in [0.29, 0.717) is 5.57 Å². The lowest BCUT2D eigenvalue weighted by Crippen LogP contribution is -2.48. The van der Waals surface area contributed by atoms with Gasteiger partial charge in [0.15, 0.2) is 0 Å². The van der Waals surface area contributed by atoms with E-state index in [4.69, 9.17) is 0 Å². The maximum absolute atomic E-state index is 11.7. The molecular weight excluding hydrogens is 322 g/mol. The molecule has 3 unspecified atom stereocenters. The van der Waals surface area contributed by atoms with Crippen molar-refractivity contribution in [2.45, 2.75) is 37.5 Å². The number of hydrogen-bond acceptors (Lipinski definition) is 2. The third-order valence-electron chi connectivity index (χ3n) is 7.40. The van der Waals surface area contributed by atoms with Gasteiger partial charge >= 0.3 is 5.97 Å². The third-order valence-corrected chi connectivity index (χ3v) is 7.40. The second kappa shape index (κ2) is 6.09. The van der Waals surface area contributed by atoms with Gasteiger partial charge in [-0.25, -0.2) is 4.79 Å². The highest BCUT2D eigenvalue weighted by Crippen LogP contribution is 2.49. The first-order valence-electron chi connectivity index (χ1n) is 10.1. The molecule has 0 bridgehead atoms. The standard InChI is InChI=1S/C23H27NO2/c25-22(26)20-14-23(21-8-4-3-7-19(20)21)9-11-24(12-10-23)15-17-13-16-5-1-2-6-18(16)17/h2-4,6-8,14,16-18H,1,5,9-13,15H2,(H,25,26). The fourth-order valence-electron chi connectivity index (χ4n) is 5.92. The van der Waals surface area contributed by atoms with Crippen molar-refractivity contribution in [3.05, 3.63) is 53.6 Å². The smallest absolute Gasteiger partial charge is 0.336 e. The van der Waals surface area contributed by atoms with Gasteiger partial charge in [-0.05, 0) is 74.1 Å². The van der Waals surface area contributed by atoms with Crippen molar-refractivity contribution >= 4 is 11.5 Å². The first-order chi connectivity index (χ1) is 12.7. The highest BCUT2D eigenvalue weighted by Gasteiger charge is 2.44. The normalized spacial score (nSPS) is 31.8. The summed E-state index contributed by atoms with van der Waals surface area (Å²) < 4.78 is 0. The minimum atomic E-state index is -0.790. The Balaban J connectivity index is 1.29. The fraction of sp³-hybridized carbons (Fsp3) is 0.522. The van der Waals surface area contributed by atoms with Crippen molar-refractivity contribution in [3.8, 4) is 0 Å². The van der Waals surface area contributed by atoms with Crippen LogP contribution in [0.5, 0.6) is 0 Å². The number of carboxylic acids is 1. The van der Waals surface area contributed by atoms with Crippen LogP contribution in [0.4, 0.5) is 0 Å². The highest BCUT2D eigenvalue weighted by atomic mass is 16.4. The Morgan fingerprint density at radius 2 is 2.04 bits per heavy atom. The Morgan fingerprint density at radius 3 is 2.81 bits per heavy atom. The van der Waals surface area contributed by atoms with Crippen LogP contribution in [0.3, 0.4) is 0 Å². The highest BCUT2D eigenvalue weighted by molar-refractivity contribution is 6.17. The molecule has 2 fully saturated rings. The van der Waals surface area contributed by atoms with E-state index < -0.39 is 5.97 Å². The van der Waals surface area contributed by atoms with Crippen molar-refractivity contribution in [1.29, 1.82) is 0 Å². The predicted molar refractivity (Wildman–Crippen MR) is 103 cm³/mol. The molecular formula is C23H27NO2. The van der Waals surface area contributed by atoms with Gasteiger partial charge in [0.05, 0.1) is 5.57 Å². The molecule has 1 spiro atoms. The van der Waals surface area contributed by atoms with Crippen LogP contribution in [0, 0.1) is 17.8 Å². The fourth-order valence-corrected chi connectivity index (χ4v) is 5.92. The van der Waals surface area contributed by atoms with E-state index in [0.717, 1.165) is 49.2 Å². The van der Waals surface area contributed by atoms with Gasteiger partial charge in [-0.3, -0.25) is 0 Å². The number of fused-ring (bicyclic) bond motifs is 3. The summed E-state index contributed by atoms with van der Waals surface area (Å²) in [6, 6.07) is 8.12. The largest absolute Gasteiger partial charge is 0.478 e. The van der Waals surface area contributed by atoms with E-state index >= 15 is 0 Å². The number of benzene rings is 1. The Bertz CT molecular complexity index is 785.